The Labute approximate surface area is 164 Å². The van der Waals surface area contributed by atoms with E-state index in [2.05, 4.69) is 10.00 Å². The van der Waals surface area contributed by atoms with Gasteiger partial charge in [0.2, 0.25) is 5.91 Å². The molecule has 4 rings (SSSR count). The number of rotatable bonds is 3. The molecule has 1 aromatic heterocycles. The lowest BCUT2D eigenvalue weighted by Crippen LogP contribution is -2.54. The van der Waals surface area contributed by atoms with Crippen molar-refractivity contribution < 1.29 is 14.3 Å². The van der Waals surface area contributed by atoms with Crippen LogP contribution in [0.1, 0.15) is 31.7 Å². The molecule has 2 aliphatic heterocycles. The van der Waals surface area contributed by atoms with Gasteiger partial charge in [-0.3, -0.25) is 9.69 Å². The van der Waals surface area contributed by atoms with Crippen LogP contribution in [0.4, 0.5) is 4.39 Å². The van der Waals surface area contributed by atoms with Crippen molar-refractivity contribution in [1.82, 2.24) is 19.6 Å². The first-order chi connectivity index (χ1) is 13.4. The summed E-state index contributed by atoms with van der Waals surface area (Å²) in [5.41, 5.74) is 2.00. The average Bonchev–Trinajstić information content (AvgIpc) is 3.12. The minimum Gasteiger partial charge on any atom is -0.391 e. The van der Waals surface area contributed by atoms with Gasteiger partial charge in [0.05, 0.1) is 18.0 Å². The zero-order chi connectivity index (χ0) is 19.7. The Hall–Kier alpha value is -2.25. The summed E-state index contributed by atoms with van der Waals surface area (Å²) in [5, 5.41) is 14.6. The Morgan fingerprint density at radius 3 is 2.68 bits per heavy atom. The fraction of sp³-hybridized carbons (Fsp3) is 0.524. The van der Waals surface area contributed by atoms with Crippen LogP contribution in [-0.4, -0.2) is 62.9 Å². The second kappa shape index (κ2) is 7.64. The first kappa shape index (κ1) is 19.1. The highest BCUT2D eigenvalue weighted by Crippen LogP contribution is 2.40. The van der Waals surface area contributed by atoms with Crippen LogP contribution in [-0.2, 0) is 11.3 Å². The summed E-state index contributed by atoms with van der Waals surface area (Å²) < 4.78 is 14.9. The molecular weight excluding hydrogens is 359 g/mol. The molecule has 2 aliphatic rings. The molecule has 6 nitrogen and oxygen atoms in total. The van der Waals surface area contributed by atoms with Gasteiger partial charge in [-0.2, -0.15) is 5.10 Å². The average molecular weight is 386 g/mol. The highest BCUT2D eigenvalue weighted by molar-refractivity contribution is 5.73. The molecule has 1 N–H and O–H groups in total. The summed E-state index contributed by atoms with van der Waals surface area (Å²) in [6.45, 7) is 5.51. The number of β-amino-alcohol motifs (C(OH)–C–C–N with tert-alkyl or cyclic N) is 1. The van der Waals surface area contributed by atoms with Crippen LogP contribution in [0.3, 0.4) is 0 Å². The summed E-state index contributed by atoms with van der Waals surface area (Å²) in [5.74, 6) is -0.205. The van der Waals surface area contributed by atoms with Gasteiger partial charge in [0.1, 0.15) is 5.82 Å². The van der Waals surface area contributed by atoms with Crippen LogP contribution in [0.25, 0.3) is 5.69 Å². The van der Waals surface area contributed by atoms with Crippen molar-refractivity contribution in [3.05, 3.63) is 48.0 Å². The molecule has 2 aromatic rings. The van der Waals surface area contributed by atoms with E-state index in [-0.39, 0.29) is 17.1 Å². The number of aliphatic hydroxyl groups excluding tert-OH is 1. The van der Waals surface area contributed by atoms with Gasteiger partial charge in [-0.15, -0.1) is 0 Å². The molecule has 2 fully saturated rings. The molecule has 3 heterocycles. The van der Waals surface area contributed by atoms with E-state index in [0.29, 0.717) is 6.54 Å². The Morgan fingerprint density at radius 2 is 2.00 bits per heavy atom. The van der Waals surface area contributed by atoms with Crippen molar-refractivity contribution in [2.45, 2.75) is 38.8 Å². The molecule has 1 unspecified atom stereocenters. The smallest absolute Gasteiger partial charge is 0.219 e. The Balaban J connectivity index is 1.36. The standard InChI is InChI=1S/C21H27FN4O2/c1-16(27)25-14-20(28)10-21(15-25)6-8-24(9-7-21)12-17-11-23-26(13-17)19-4-2-18(22)3-5-19/h2-5,11,13,20,28H,6-10,12,14-15H2,1H3. The SMILES string of the molecule is CC(=O)N1CC(O)CC2(CCN(Cc3cnn(-c4ccc(F)cc4)c3)CC2)C1. The second-order valence-electron chi connectivity index (χ2n) is 8.30. The highest BCUT2D eigenvalue weighted by atomic mass is 19.1. The minimum atomic E-state index is -0.418. The number of benzene rings is 1. The quantitative estimate of drug-likeness (QED) is 0.879. The van der Waals surface area contributed by atoms with Crippen molar-refractivity contribution in [2.75, 3.05) is 26.2 Å². The van der Waals surface area contributed by atoms with E-state index in [9.17, 15) is 14.3 Å². The number of likely N-dealkylation sites (tertiary alicyclic amines) is 2. The summed E-state index contributed by atoms with van der Waals surface area (Å²) in [6, 6.07) is 6.30. The maximum absolute atomic E-state index is 13.1. The molecule has 2 saturated heterocycles. The lowest BCUT2D eigenvalue weighted by Gasteiger charge is -2.49. The van der Waals surface area contributed by atoms with Crippen molar-refractivity contribution in [3.63, 3.8) is 0 Å². The monoisotopic (exact) mass is 386 g/mol. The van der Waals surface area contributed by atoms with Gasteiger partial charge in [0, 0.05) is 38.3 Å². The third-order valence-corrected chi connectivity index (χ3v) is 6.12. The Morgan fingerprint density at radius 1 is 1.29 bits per heavy atom. The minimum absolute atomic E-state index is 0.0398. The van der Waals surface area contributed by atoms with Crippen LogP contribution in [0.2, 0.25) is 0 Å². The van der Waals surface area contributed by atoms with Gasteiger partial charge in [0.15, 0.2) is 0 Å². The van der Waals surface area contributed by atoms with Crippen LogP contribution < -0.4 is 0 Å². The Kier molecular flexibility index (Phi) is 5.21. The number of amides is 1. The topological polar surface area (TPSA) is 61.6 Å². The molecule has 0 bridgehead atoms. The van der Waals surface area contributed by atoms with Gasteiger partial charge in [-0.05, 0) is 62.0 Å². The molecule has 0 radical (unpaired) electrons. The van der Waals surface area contributed by atoms with Gasteiger partial charge in [-0.25, -0.2) is 9.07 Å². The maximum atomic E-state index is 13.1. The van der Waals surface area contributed by atoms with Crippen LogP contribution in [0, 0.1) is 11.2 Å². The molecule has 150 valence electrons. The van der Waals surface area contributed by atoms with Crippen molar-refractivity contribution in [1.29, 1.82) is 0 Å². The molecule has 1 aromatic carbocycles. The zero-order valence-corrected chi connectivity index (χ0v) is 16.2. The molecule has 0 saturated carbocycles. The second-order valence-corrected chi connectivity index (χ2v) is 8.30. The fourth-order valence-corrected chi connectivity index (χ4v) is 4.58. The highest BCUT2D eigenvalue weighted by Gasteiger charge is 2.42. The van der Waals surface area contributed by atoms with E-state index in [4.69, 9.17) is 0 Å². The predicted molar refractivity (Wildman–Crippen MR) is 103 cm³/mol. The molecule has 28 heavy (non-hydrogen) atoms. The first-order valence-corrected chi connectivity index (χ1v) is 9.88. The van der Waals surface area contributed by atoms with Crippen LogP contribution in [0.5, 0.6) is 0 Å². The summed E-state index contributed by atoms with van der Waals surface area (Å²) in [7, 11) is 0. The maximum Gasteiger partial charge on any atom is 0.219 e. The summed E-state index contributed by atoms with van der Waals surface area (Å²) in [4.78, 5) is 16.0. The van der Waals surface area contributed by atoms with Crippen molar-refractivity contribution >= 4 is 5.91 Å². The molecule has 7 heteroatoms. The largest absolute Gasteiger partial charge is 0.391 e. The number of carbonyl (C=O) groups excluding carboxylic acids is 1. The van der Waals surface area contributed by atoms with Crippen molar-refractivity contribution in [3.8, 4) is 5.69 Å². The fourth-order valence-electron chi connectivity index (χ4n) is 4.58. The Bertz CT molecular complexity index is 827. The van der Waals surface area contributed by atoms with E-state index in [1.54, 1.807) is 28.6 Å². The third kappa shape index (κ3) is 4.10. The van der Waals surface area contributed by atoms with E-state index < -0.39 is 6.10 Å². The number of aliphatic hydroxyl groups is 1. The molecule has 1 amide bonds. The number of hydrogen-bond donors (Lipinski definition) is 1. The van der Waals surface area contributed by atoms with Gasteiger partial charge < -0.3 is 10.0 Å². The molecule has 1 atom stereocenters. The van der Waals surface area contributed by atoms with Crippen LogP contribution >= 0.6 is 0 Å². The van der Waals surface area contributed by atoms with E-state index >= 15 is 0 Å². The first-order valence-electron chi connectivity index (χ1n) is 9.88. The van der Waals surface area contributed by atoms with Crippen LogP contribution in [0.15, 0.2) is 36.7 Å². The number of carbonyl (C=O) groups is 1. The number of aromatic nitrogens is 2. The molecule has 1 spiro atoms. The van der Waals surface area contributed by atoms with Gasteiger partial charge in [-0.1, -0.05) is 0 Å². The third-order valence-electron chi connectivity index (χ3n) is 6.12. The van der Waals surface area contributed by atoms with E-state index in [1.165, 1.54) is 12.1 Å². The number of piperidine rings is 2. The lowest BCUT2D eigenvalue weighted by molar-refractivity contribution is -0.138. The normalized spacial score (nSPS) is 22.5. The number of hydrogen-bond acceptors (Lipinski definition) is 4. The summed E-state index contributed by atoms with van der Waals surface area (Å²) >= 11 is 0. The molecule has 0 aliphatic carbocycles. The van der Waals surface area contributed by atoms with E-state index in [0.717, 1.165) is 56.7 Å². The number of halogens is 1. The molecular formula is C21H27FN4O2. The number of nitrogens with zero attached hydrogens (tertiary/aromatic N) is 4. The predicted octanol–water partition coefficient (Wildman–Crippen LogP) is 2.21. The summed E-state index contributed by atoms with van der Waals surface area (Å²) in [6.07, 6.45) is 6.18. The van der Waals surface area contributed by atoms with Gasteiger partial charge in [0.25, 0.3) is 0 Å². The van der Waals surface area contributed by atoms with Crippen molar-refractivity contribution in [2.24, 2.45) is 5.41 Å². The van der Waals surface area contributed by atoms with Gasteiger partial charge >= 0.3 is 0 Å². The van der Waals surface area contributed by atoms with E-state index in [1.807, 2.05) is 12.4 Å². The lowest BCUT2D eigenvalue weighted by atomic mass is 9.71. The zero-order valence-electron chi connectivity index (χ0n) is 16.2.